The molecule has 108 valence electrons. The number of H-pyrrole nitrogens is 1. The van der Waals surface area contributed by atoms with Crippen molar-refractivity contribution in [2.75, 3.05) is 6.54 Å². The quantitative estimate of drug-likeness (QED) is 0.510. The number of Topliss-reactive ketones (excluding diaryl/α,β-unsaturated/α-hetero) is 1. The van der Waals surface area contributed by atoms with Crippen molar-refractivity contribution in [2.45, 2.75) is 34.6 Å². The Hall–Kier alpha value is -2.17. The molecule has 5 heteroatoms. The summed E-state index contributed by atoms with van der Waals surface area (Å²) in [4.78, 5) is 27.3. The third-order valence-corrected chi connectivity index (χ3v) is 2.69. The second-order valence-corrected chi connectivity index (χ2v) is 5.08. The number of allylic oxidation sites excluding steroid dienone is 1. The molecule has 0 aliphatic carbocycles. The third kappa shape index (κ3) is 3.91. The Kier molecular flexibility index (Phi) is 5.02. The molecule has 1 N–H and O–H groups in total. The topological polar surface area (TPSA) is 65.5 Å². The van der Waals surface area contributed by atoms with E-state index in [1.807, 2.05) is 13.8 Å². The lowest BCUT2D eigenvalue weighted by atomic mass is 10.1. The first-order valence-electron chi connectivity index (χ1n) is 6.41. The molecule has 0 unspecified atom stereocenters. The predicted molar refractivity (Wildman–Crippen MR) is 81.2 cm³/mol. The lowest BCUT2D eigenvalue weighted by Crippen LogP contribution is -2.29. The Labute approximate surface area is 119 Å². The Balaban J connectivity index is 3.11. The minimum Gasteiger partial charge on any atom is -0.362 e. The number of aromatic nitrogens is 1. The maximum atomic E-state index is 12.3. The second-order valence-electron chi connectivity index (χ2n) is 5.08. The van der Waals surface area contributed by atoms with Gasteiger partial charge in [0.25, 0.3) is 0 Å². The van der Waals surface area contributed by atoms with Crippen LogP contribution in [-0.4, -0.2) is 28.0 Å². The molecule has 0 amide bonds. The van der Waals surface area contributed by atoms with Gasteiger partial charge < -0.3 is 4.98 Å². The Morgan fingerprint density at radius 3 is 2.40 bits per heavy atom. The molecule has 0 saturated heterocycles. The monoisotopic (exact) mass is 275 g/mol. The maximum absolute atomic E-state index is 12.3. The fourth-order valence-corrected chi connectivity index (χ4v) is 1.91. The van der Waals surface area contributed by atoms with Crippen molar-refractivity contribution in [3.63, 3.8) is 0 Å². The van der Waals surface area contributed by atoms with Crippen LogP contribution in [0.15, 0.2) is 28.2 Å². The fraction of sp³-hybridized carbons (Fsp3) is 0.400. The van der Waals surface area contributed by atoms with Crippen LogP contribution >= 0.6 is 0 Å². The van der Waals surface area contributed by atoms with E-state index in [9.17, 15) is 9.59 Å². The number of rotatable bonds is 5. The lowest BCUT2D eigenvalue weighted by molar-refractivity contribution is 0.0949. The van der Waals surface area contributed by atoms with Gasteiger partial charge in [-0.25, -0.2) is 0 Å². The molecular formula is C15H21N3O2. The number of hydrogen-bond acceptors (Lipinski definition) is 4. The van der Waals surface area contributed by atoms with Crippen LogP contribution < -0.4 is 5.43 Å². The molecule has 0 fully saturated rings. The highest BCUT2D eigenvalue weighted by atomic mass is 16.1. The number of nitrogens with zero attached hydrogens (tertiary/aromatic N) is 2. The predicted octanol–water partition coefficient (Wildman–Crippen LogP) is 2.41. The van der Waals surface area contributed by atoms with Gasteiger partial charge in [-0.15, -0.1) is 0 Å². The van der Waals surface area contributed by atoms with Crippen molar-refractivity contribution in [3.8, 4) is 0 Å². The van der Waals surface area contributed by atoms with Gasteiger partial charge in [-0.1, -0.05) is 6.58 Å². The molecular weight excluding hydrogens is 254 g/mol. The van der Waals surface area contributed by atoms with Crippen molar-refractivity contribution in [2.24, 2.45) is 5.10 Å². The molecule has 0 bridgehead atoms. The van der Waals surface area contributed by atoms with Gasteiger partial charge in [0.2, 0.25) is 0 Å². The third-order valence-electron chi connectivity index (χ3n) is 2.69. The summed E-state index contributed by atoms with van der Waals surface area (Å²) in [6.45, 7) is 12.8. The van der Waals surface area contributed by atoms with Crippen LogP contribution in [0.3, 0.4) is 0 Å². The number of aromatic amines is 1. The summed E-state index contributed by atoms with van der Waals surface area (Å²) in [5.74, 6) is -0.267. The normalized spacial score (nSPS) is 10.1. The van der Waals surface area contributed by atoms with Crippen molar-refractivity contribution in [1.82, 2.24) is 9.99 Å². The zero-order valence-corrected chi connectivity index (χ0v) is 12.7. The summed E-state index contributed by atoms with van der Waals surface area (Å²) in [6.07, 6.45) is 0. The Morgan fingerprint density at radius 2 is 1.95 bits per heavy atom. The smallest absolute Gasteiger partial charge is 0.192 e. The molecule has 1 aromatic heterocycles. The molecule has 0 spiro atoms. The fourth-order valence-electron chi connectivity index (χ4n) is 1.91. The van der Waals surface area contributed by atoms with E-state index in [0.717, 1.165) is 11.4 Å². The maximum Gasteiger partial charge on any atom is 0.192 e. The molecule has 1 heterocycles. The molecule has 0 radical (unpaired) electrons. The summed E-state index contributed by atoms with van der Waals surface area (Å²) in [7, 11) is 0. The molecule has 1 aromatic rings. The molecule has 0 aliphatic rings. The van der Waals surface area contributed by atoms with Gasteiger partial charge in [0, 0.05) is 28.9 Å². The van der Waals surface area contributed by atoms with Gasteiger partial charge in [0.1, 0.15) is 6.54 Å². The minimum atomic E-state index is -0.267. The zero-order valence-electron chi connectivity index (χ0n) is 12.7. The number of hydrogen-bond donors (Lipinski definition) is 1. The van der Waals surface area contributed by atoms with Crippen molar-refractivity contribution < 1.29 is 4.79 Å². The first kappa shape index (κ1) is 15.9. The number of carbonyl (C=O) groups excluding carboxylic acids is 1. The van der Waals surface area contributed by atoms with E-state index in [1.165, 1.54) is 11.1 Å². The largest absolute Gasteiger partial charge is 0.362 e. The van der Waals surface area contributed by atoms with Crippen LogP contribution in [0.1, 0.15) is 42.5 Å². The van der Waals surface area contributed by atoms with E-state index >= 15 is 0 Å². The van der Waals surface area contributed by atoms with Gasteiger partial charge in [-0.2, -0.15) is 5.10 Å². The Bertz CT molecular complexity index is 622. The summed E-state index contributed by atoms with van der Waals surface area (Å²) in [5, 5.41) is 5.75. The molecule has 20 heavy (non-hydrogen) atoms. The SMILES string of the molecule is C=C(C)N(CC(=O)c1c(C)[nH]c(C)cc1=O)N=C(C)C. The second kappa shape index (κ2) is 6.32. The van der Waals surface area contributed by atoms with Crippen molar-refractivity contribution in [1.29, 1.82) is 0 Å². The average molecular weight is 275 g/mol. The average Bonchev–Trinajstić information content (AvgIpc) is 2.25. The van der Waals surface area contributed by atoms with Crippen LogP contribution in [0, 0.1) is 13.8 Å². The summed E-state index contributed by atoms with van der Waals surface area (Å²) in [5.41, 5.74) is 2.71. The summed E-state index contributed by atoms with van der Waals surface area (Å²) in [6, 6.07) is 1.43. The van der Waals surface area contributed by atoms with Gasteiger partial charge in [0.05, 0.1) is 5.56 Å². The van der Waals surface area contributed by atoms with E-state index in [1.54, 1.807) is 20.8 Å². The first-order valence-corrected chi connectivity index (χ1v) is 6.41. The van der Waals surface area contributed by atoms with E-state index in [0.29, 0.717) is 11.4 Å². The molecule has 0 saturated carbocycles. The zero-order chi connectivity index (χ0) is 15.4. The highest BCUT2D eigenvalue weighted by Gasteiger charge is 2.17. The number of nitrogens with one attached hydrogen (secondary N) is 1. The number of hydrazone groups is 1. The van der Waals surface area contributed by atoms with Gasteiger partial charge in [-0.3, -0.25) is 14.6 Å². The van der Waals surface area contributed by atoms with Gasteiger partial charge >= 0.3 is 0 Å². The lowest BCUT2D eigenvalue weighted by Gasteiger charge is -2.19. The first-order chi connectivity index (χ1) is 9.22. The van der Waals surface area contributed by atoms with Crippen LogP contribution in [0.25, 0.3) is 0 Å². The van der Waals surface area contributed by atoms with Crippen LogP contribution in [-0.2, 0) is 0 Å². The van der Waals surface area contributed by atoms with E-state index in [-0.39, 0.29) is 23.3 Å². The van der Waals surface area contributed by atoms with E-state index in [2.05, 4.69) is 16.7 Å². The van der Waals surface area contributed by atoms with Gasteiger partial charge in [-0.05, 0) is 34.6 Å². The number of ketones is 1. The van der Waals surface area contributed by atoms with Crippen LogP contribution in [0.4, 0.5) is 0 Å². The van der Waals surface area contributed by atoms with Gasteiger partial charge in [0.15, 0.2) is 11.2 Å². The molecule has 1 rings (SSSR count). The highest BCUT2D eigenvalue weighted by molar-refractivity contribution is 5.98. The molecule has 0 atom stereocenters. The van der Waals surface area contributed by atoms with Crippen LogP contribution in [0.2, 0.25) is 0 Å². The molecule has 0 aliphatic heterocycles. The molecule has 5 nitrogen and oxygen atoms in total. The minimum absolute atomic E-state index is 0.00743. The van der Waals surface area contributed by atoms with E-state index in [4.69, 9.17) is 0 Å². The summed E-state index contributed by atoms with van der Waals surface area (Å²) >= 11 is 0. The number of carbonyl (C=O) groups is 1. The standard InChI is InChI=1S/C15H21N3O2/c1-9(2)17-18(10(3)4)8-14(20)15-12(6)16-11(5)7-13(15)19/h7H,3,8H2,1-2,4-6H3,(H,16,19). The number of aryl methyl sites for hydroxylation is 2. The summed E-state index contributed by atoms with van der Waals surface area (Å²) < 4.78 is 0. The van der Waals surface area contributed by atoms with Crippen molar-refractivity contribution >= 4 is 11.5 Å². The molecule has 0 aromatic carbocycles. The Morgan fingerprint density at radius 1 is 1.35 bits per heavy atom. The number of pyridine rings is 1. The highest BCUT2D eigenvalue weighted by Crippen LogP contribution is 2.07. The van der Waals surface area contributed by atoms with Crippen molar-refractivity contribution in [3.05, 3.63) is 45.5 Å². The van der Waals surface area contributed by atoms with Crippen LogP contribution in [0.5, 0.6) is 0 Å². The van der Waals surface area contributed by atoms with E-state index < -0.39 is 0 Å².